The predicted molar refractivity (Wildman–Crippen MR) is 80.6 cm³/mol. The van der Waals surface area contributed by atoms with Gasteiger partial charge in [-0.15, -0.1) is 0 Å². The highest BCUT2D eigenvalue weighted by atomic mass is 16.5. The first kappa shape index (κ1) is 16.0. The molecule has 0 saturated carbocycles. The summed E-state index contributed by atoms with van der Waals surface area (Å²) in [5.41, 5.74) is 1.07. The Morgan fingerprint density at radius 1 is 1.32 bits per heavy atom. The zero-order valence-electron chi connectivity index (χ0n) is 12.9. The highest BCUT2D eigenvalue weighted by molar-refractivity contribution is 5.28. The first-order valence-corrected chi connectivity index (χ1v) is 7.40. The minimum Gasteiger partial charge on any atom is -0.385 e. The molecule has 1 rings (SSSR count). The van der Waals surface area contributed by atoms with Crippen molar-refractivity contribution in [1.29, 1.82) is 0 Å². The van der Waals surface area contributed by atoms with Gasteiger partial charge in [-0.2, -0.15) is 0 Å². The lowest BCUT2D eigenvalue weighted by molar-refractivity contribution is 0.190. The van der Waals surface area contributed by atoms with Gasteiger partial charge >= 0.3 is 0 Å². The summed E-state index contributed by atoms with van der Waals surface area (Å²) in [5.74, 6) is 1.80. The number of nitrogens with zero attached hydrogens (tertiary/aromatic N) is 2. The van der Waals surface area contributed by atoms with Crippen LogP contribution < -0.4 is 5.32 Å². The number of imidazole rings is 1. The fourth-order valence-electron chi connectivity index (χ4n) is 2.12. The van der Waals surface area contributed by atoms with E-state index in [0.717, 1.165) is 43.7 Å². The van der Waals surface area contributed by atoms with Crippen molar-refractivity contribution in [2.24, 2.45) is 5.92 Å². The van der Waals surface area contributed by atoms with Gasteiger partial charge in [0.1, 0.15) is 0 Å². The molecule has 1 N–H and O–H groups in total. The van der Waals surface area contributed by atoms with Crippen LogP contribution in [0.15, 0.2) is 6.20 Å². The van der Waals surface area contributed by atoms with Crippen LogP contribution in [-0.4, -0.2) is 29.8 Å². The molecule has 0 aromatic carbocycles. The van der Waals surface area contributed by atoms with E-state index in [9.17, 15) is 0 Å². The van der Waals surface area contributed by atoms with Gasteiger partial charge in [-0.25, -0.2) is 4.98 Å². The Bertz CT molecular complexity index is 347. The Labute approximate surface area is 117 Å². The molecule has 0 radical (unpaired) electrons. The molecule has 1 aromatic heterocycles. The highest BCUT2D eigenvalue weighted by Gasteiger charge is 2.04. The maximum Gasteiger partial charge on any atom is 0.203 e. The Morgan fingerprint density at radius 3 is 2.79 bits per heavy atom. The summed E-state index contributed by atoms with van der Waals surface area (Å²) in [7, 11) is 1.74. The molecule has 0 atom stereocenters. The predicted octanol–water partition coefficient (Wildman–Crippen LogP) is 3.47. The maximum absolute atomic E-state index is 5.09. The van der Waals surface area contributed by atoms with E-state index in [1.807, 2.05) is 6.92 Å². The Kier molecular flexibility index (Phi) is 7.56. The van der Waals surface area contributed by atoms with Crippen molar-refractivity contribution in [3.8, 4) is 0 Å². The van der Waals surface area contributed by atoms with Crippen molar-refractivity contribution in [2.45, 2.75) is 53.0 Å². The van der Waals surface area contributed by atoms with E-state index in [0.29, 0.717) is 0 Å². The summed E-state index contributed by atoms with van der Waals surface area (Å²) in [4.78, 5) is 4.53. The number of methoxy groups -OCH3 is 1. The van der Waals surface area contributed by atoms with E-state index in [2.05, 4.69) is 34.9 Å². The van der Waals surface area contributed by atoms with Gasteiger partial charge in [0.05, 0.1) is 5.69 Å². The Balaban J connectivity index is 2.31. The first-order chi connectivity index (χ1) is 9.13. The molecule has 0 amide bonds. The van der Waals surface area contributed by atoms with Crippen molar-refractivity contribution in [2.75, 3.05) is 25.6 Å². The van der Waals surface area contributed by atoms with Gasteiger partial charge in [0.2, 0.25) is 5.95 Å². The summed E-state index contributed by atoms with van der Waals surface area (Å²) >= 11 is 0. The number of nitrogens with one attached hydrogen (secondary N) is 1. The third kappa shape index (κ3) is 6.62. The van der Waals surface area contributed by atoms with Crippen molar-refractivity contribution in [3.63, 3.8) is 0 Å². The van der Waals surface area contributed by atoms with Gasteiger partial charge in [0.25, 0.3) is 0 Å². The highest BCUT2D eigenvalue weighted by Crippen LogP contribution is 2.11. The van der Waals surface area contributed by atoms with Gasteiger partial charge in [-0.1, -0.05) is 26.7 Å². The largest absolute Gasteiger partial charge is 0.385 e. The number of hydrogen-bond donors (Lipinski definition) is 1. The summed E-state index contributed by atoms with van der Waals surface area (Å²) in [6.07, 6.45) is 6.93. The molecule has 0 aliphatic heterocycles. The van der Waals surface area contributed by atoms with Crippen LogP contribution in [-0.2, 0) is 11.3 Å². The van der Waals surface area contributed by atoms with Crippen LogP contribution >= 0.6 is 0 Å². The van der Waals surface area contributed by atoms with Crippen LogP contribution in [0.5, 0.6) is 0 Å². The second-order valence-corrected chi connectivity index (χ2v) is 5.56. The smallest absolute Gasteiger partial charge is 0.203 e. The zero-order chi connectivity index (χ0) is 14.1. The molecular formula is C15H29N3O. The molecule has 4 heteroatoms. The van der Waals surface area contributed by atoms with E-state index in [1.54, 1.807) is 7.11 Å². The van der Waals surface area contributed by atoms with Crippen LogP contribution in [0.1, 0.15) is 45.2 Å². The normalized spacial score (nSPS) is 11.2. The molecular weight excluding hydrogens is 238 g/mol. The van der Waals surface area contributed by atoms with Gasteiger partial charge in [0, 0.05) is 33.0 Å². The third-order valence-electron chi connectivity index (χ3n) is 3.14. The van der Waals surface area contributed by atoms with Crippen LogP contribution in [0.2, 0.25) is 0 Å². The summed E-state index contributed by atoms with van der Waals surface area (Å²) in [6.45, 7) is 9.36. The molecule has 1 aromatic rings. The minimum absolute atomic E-state index is 0.797. The van der Waals surface area contributed by atoms with Crippen LogP contribution in [0.3, 0.4) is 0 Å². The average molecular weight is 267 g/mol. The lowest BCUT2D eigenvalue weighted by Crippen LogP contribution is -2.10. The van der Waals surface area contributed by atoms with Gasteiger partial charge in [-0.3, -0.25) is 0 Å². The fourth-order valence-corrected chi connectivity index (χ4v) is 2.12. The minimum atomic E-state index is 0.797. The van der Waals surface area contributed by atoms with Gasteiger partial charge in [-0.05, 0) is 25.7 Å². The van der Waals surface area contributed by atoms with Crippen LogP contribution in [0.25, 0.3) is 0 Å². The van der Waals surface area contributed by atoms with E-state index < -0.39 is 0 Å². The molecule has 0 aliphatic rings. The van der Waals surface area contributed by atoms with Gasteiger partial charge in [0.15, 0.2) is 0 Å². The monoisotopic (exact) mass is 267 g/mol. The topological polar surface area (TPSA) is 39.1 Å². The number of unbranched alkanes of at least 4 members (excludes halogenated alkanes) is 1. The number of hydrogen-bond acceptors (Lipinski definition) is 3. The lowest BCUT2D eigenvalue weighted by atomic mass is 10.1. The molecule has 0 fully saturated rings. The molecule has 0 spiro atoms. The molecule has 0 bridgehead atoms. The van der Waals surface area contributed by atoms with Crippen molar-refractivity contribution < 1.29 is 4.74 Å². The Morgan fingerprint density at radius 2 is 2.11 bits per heavy atom. The third-order valence-corrected chi connectivity index (χ3v) is 3.14. The van der Waals surface area contributed by atoms with Crippen molar-refractivity contribution in [1.82, 2.24) is 9.55 Å². The summed E-state index contributed by atoms with van der Waals surface area (Å²) in [5, 5.41) is 3.45. The van der Waals surface area contributed by atoms with Crippen LogP contribution in [0.4, 0.5) is 5.95 Å². The summed E-state index contributed by atoms with van der Waals surface area (Å²) < 4.78 is 7.28. The molecule has 19 heavy (non-hydrogen) atoms. The average Bonchev–Trinajstić information content (AvgIpc) is 2.69. The number of aryl methyl sites for hydroxylation is 2. The van der Waals surface area contributed by atoms with E-state index in [4.69, 9.17) is 4.74 Å². The Hall–Kier alpha value is -1.03. The molecule has 1 heterocycles. The SMILES string of the molecule is COCCCn1cc(C)nc1NCCCCC(C)C. The lowest BCUT2D eigenvalue weighted by Gasteiger charge is -2.10. The second-order valence-electron chi connectivity index (χ2n) is 5.56. The van der Waals surface area contributed by atoms with E-state index in [1.165, 1.54) is 19.3 Å². The van der Waals surface area contributed by atoms with Crippen LogP contribution in [0, 0.1) is 12.8 Å². The second kappa shape index (κ2) is 8.97. The number of ether oxygens (including phenoxy) is 1. The molecule has 0 saturated heterocycles. The fraction of sp³-hybridized carbons (Fsp3) is 0.800. The number of anilines is 1. The molecule has 0 unspecified atom stereocenters. The maximum atomic E-state index is 5.09. The van der Waals surface area contributed by atoms with E-state index >= 15 is 0 Å². The number of rotatable bonds is 10. The van der Waals surface area contributed by atoms with Gasteiger partial charge < -0.3 is 14.6 Å². The van der Waals surface area contributed by atoms with Crippen molar-refractivity contribution >= 4 is 5.95 Å². The quantitative estimate of drug-likeness (QED) is 0.660. The first-order valence-electron chi connectivity index (χ1n) is 7.40. The molecule has 4 nitrogen and oxygen atoms in total. The standard InChI is InChI=1S/C15H29N3O/c1-13(2)8-5-6-9-16-15-17-14(3)12-18(15)10-7-11-19-4/h12-13H,5-11H2,1-4H3,(H,16,17). The number of aromatic nitrogens is 2. The van der Waals surface area contributed by atoms with Crippen molar-refractivity contribution in [3.05, 3.63) is 11.9 Å². The summed E-state index contributed by atoms with van der Waals surface area (Å²) in [6, 6.07) is 0. The zero-order valence-corrected chi connectivity index (χ0v) is 12.9. The molecule has 0 aliphatic carbocycles. The van der Waals surface area contributed by atoms with E-state index in [-0.39, 0.29) is 0 Å². The molecule has 110 valence electrons.